The zero-order valence-electron chi connectivity index (χ0n) is 14.0. The highest BCUT2D eigenvalue weighted by Crippen LogP contribution is 2.32. The summed E-state index contributed by atoms with van der Waals surface area (Å²) in [6.07, 6.45) is 4.87. The summed E-state index contributed by atoms with van der Waals surface area (Å²) in [6.45, 7) is 3.69. The predicted molar refractivity (Wildman–Crippen MR) is 89.9 cm³/mol. The van der Waals surface area contributed by atoms with Crippen LogP contribution in [0, 0.1) is 0 Å². The Morgan fingerprint density at radius 1 is 1.21 bits per heavy atom. The van der Waals surface area contributed by atoms with Gasteiger partial charge in [-0.05, 0) is 42.7 Å². The monoisotopic (exact) mass is 329 g/mol. The van der Waals surface area contributed by atoms with Crippen molar-refractivity contribution in [2.24, 2.45) is 0 Å². The minimum Gasteiger partial charge on any atom is -0.467 e. The maximum atomic E-state index is 12.6. The van der Waals surface area contributed by atoms with Crippen LogP contribution in [0.1, 0.15) is 37.5 Å². The lowest BCUT2D eigenvalue weighted by atomic mass is 10.1. The van der Waals surface area contributed by atoms with Gasteiger partial charge in [0, 0.05) is 13.0 Å². The maximum absolute atomic E-state index is 12.6. The number of ether oxygens (including phenoxy) is 2. The number of aryl methyl sites for hydroxylation is 1. The van der Waals surface area contributed by atoms with E-state index in [9.17, 15) is 4.79 Å². The van der Waals surface area contributed by atoms with E-state index in [4.69, 9.17) is 13.9 Å². The molecule has 0 atom stereocenters. The Bertz CT molecular complexity index is 666. The Hall–Kier alpha value is -2.43. The number of unbranched alkanes of at least 4 members (excludes halogenated alkanes) is 1. The Morgan fingerprint density at radius 3 is 2.88 bits per heavy atom. The molecule has 0 fully saturated rings. The molecule has 0 saturated carbocycles. The van der Waals surface area contributed by atoms with Crippen LogP contribution in [-0.4, -0.2) is 24.1 Å². The molecule has 0 saturated heterocycles. The van der Waals surface area contributed by atoms with E-state index < -0.39 is 0 Å². The van der Waals surface area contributed by atoms with Crippen molar-refractivity contribution in [2.45, 2.75) is 39.2 Å². The van der Waals surface area contributed by atoms with Crippen molar-refractivity contribution < 1.29 is 18.7 Å². The van der Waals surface area contributed by atoms with Gasteiger partial charge in [-0.2, -0.15) is 0 Å². The SMILES string of the molecule is CCCCN(Cc1ccco1)C(=O)CCc1ccc2c(c1)OCO2. The molecule has 2 heterocycles. The Kier molecular flexibility index (Phi) is 5.41. The molecule has 1 aromatic heterocycles. The van der Waals surface area contributed by atoms with Gasteiger partial charge in [0.1, 0.15) is 5.76 Å². The van der Waals surface area contributed by atoms with E-state index in [0.29, 0.717) is 19.4 Å². The number of amides is 1. The van der Waals surface area contributed by atoms with Crippen molar-refractivity contribution in [3.8, 4) is 11.5 Å². The van der Waals surface area contributed by atoms with Gasteiger partial charge in [-0.1, -0.05) is 19.4 Å². The van der Waals surface area contributed by atoms with E-state index in [1.165, 1.54) is 0 Å². The van der Waals surface area contributed by atoms with Gasteiger partial charge in [-0.15, -0.1) is 0 Å². The fraction of sp³-hybridized carbons (Fsp3) is 0.421. The number of benzene rings is 1. The predicted octanol–water partition coefficient (Wildman–Crippen LogP) is 3.77. The number of hydrogen-bond acceptors (Lipinski definition) is 4. The van der Waals surface area contributed by atoms with E-state index in [2.05, 4.69) is 6.92 Å². The second-order valence-electron chi connectivity index (χ2n) is 5.94. The number of carbonyl (C=O) groups is 1. The molecule has 0 aliphatic carbocycles. The summed E-state index contributed by atoms with van der Waals surface area (Å²) < 4.78 is 16.1. The summed E-state index contributed by atoms with van der Waals surface area (Å²) >= 11 is 0. The van der Waals surface area contributed by atoms with Crippen LogP contribution in [0.15, 0.2) is 41.0 Å². The summed E-state index contributed by atoms with van der Waals surface area (Å²) in [6, 6.07) is 9.61. The second-order valence-corrected chi connectivity index (χ2v) is 5.94. The highest BCUT2D eigenvalue weighted by Gasteiger charge is 2.17. The molecule has 1 aliphatic heterocycles. The third-order valence-corrected chi connectivity index (χ3v) is 4.13. The average Bonchev–Trinajstić information content (AvgIpc) is 3.27. The third-order valence-electron chi connectivity index (χ3n) is 4.13. The molecule has 3 rings (SSSR count). The van der Waals surface area contributed by atoms with Crippen molar-refractivity contribution in [3.63, 3.8) is 0 Å². The molecule has 24 heavy (non-hydrogen) atoms. The normalized spacial score (nSPS) is 12.4. The van der Waals surface area contributed by atoms with Gasteiger partial charge in [-0.25, -0.2) is 0 Å². The number of rotatable bonds is 8. The molecule has 0 N–H and O–H groups in total. The van der Waals surface area contributed by atoms with Crippen molar-refractivity contribution in [3.05, 3.63) is 47.9 Å². The number of furan rings is 1. The zero-order chi connectivity index (χ0) is 16.8. The van der Waals surface area contributed by atoms with Gasteiger partial charge in [0.2, 0.25) is 12.7 Å². The lowest BCUT2D eigenvalue weighted by Gasteiger charge is -2.21. The first-order chi connectivity index (χ1) is 11.8. The topological polar surface area (TPSA) is 51.9 Å². The molecule has 2 aromatic rings. The third kappa shape index (κ3) is 4.10. The largest absolute Gasteiger partial charge is 0.467 e. The standard InChI is InChI=1S/C19H23NO4/c1-2-3-10-20(13-16-5-4-11-22-16)19(21)9-7-15-6-8-17-18(12-15)24-14-23-17/h4-6,8,11-12H,2-3,7,9-10,13-14H2,1H3. The van der Waals surface area contributed by atoms with E-state index in [1.54, 1.807) is 6.26 Å². The van der Waals surface area contributed by atoms with Crippen LogP contribution in [-0.2, 0) is 17.8 Å². The Balaban J connectivity index is 1.58. The fourth-order valence-electron chi connectivity index (χ4n) is 2.74. The van der Waals surface area contributed by atoms with Gasteiger partial charge in [0.25, 0.3) is 0 Å². The first-order valence-electron chi connectivity index (χ1n) is 8.45. The summed E-state index contributed by atoms with van der Waals surface area (Å²) in [5.41, 5.74) is 1.08. The molecule has 0 bridgehead atoms. The van der Waals surface area contributed by atoms with Crippen molar-refractivity contribution in [1.29, 1.82) is 0 Å². The van der Waals surface area contributed by atoms with Crippen LogP contribution in [0.3, 0.4) is 0 Å². The van der Waals surface area contributed by atoms with Crippen molar-refractivity contribution in [2.75, 3.05) is 13.3 Å². The molecule has 5 heteroatoms. The lowest BCUT2D eigenvalue weighted by Crippen LogP contribution is -2.31. The molecule has 5 nitrogen and oxygen atoms in total. The maximum Gasteiger partial charge on any atom is 0.231 e. The number of fused-ring (bicyclic) bond motifs is 1. The molecular weight excluding hydrogens is 306 g/mol. The first-order valence-corrected chi connectivity index (χ1v) is 8.45. The highest BCUT2D eigenvalue weighted by molar-refractivity contribution is 5.76. The molecule has 1 aromatic carbocycles. The smallest absolute Gasteiger partial charge is 0.231 e. The molecule has 0 spiro atoms. The van der Waals surface area contributed by atoms with Crippen LogP contribution < -0.4 is 9.47 Å². The van der Waals surface area contributed by atoms with E-state index in [-0.39, 0.29) is 12.7 Å². The van der Waals surface area contributed by atoms with Crippen molar-refractivity contribution >= 4 is 5.91 Å². The molecule has 0 unspecified atom stereocenters. The molecular formula is C19H23NO4. The first kappa shape index (κ1) is 16.4. The average molecular weight is 329 g/mol. The van der Waals surface area contributed by atoms with Crippen LogP contribution in [0.2, 0.25) is 0 Å². The number of nitrogens with zero attached hydrogens (tertiary/aromatic N) is 1. The van der Waals surface area contributed by atoms with Gasteiger partial charge < -0.3 is 18.8 Å². The van der Waals surface area contributed by atoms with Crippen LogP contribution in [0.25, 0.3) is 0 Å². The summed E-state index contributed by atoms with van der Waals surface area (Å²) in [5.74, 6) is 2.51. The lowest BCUT2D eigenvalue weighted by molar-refractivity contribution is -0.132. The Labute approximate surface area is 142 Å². The number of hydrogen-bond donors (Lipinski definition) is 0. The molecule has 0 radical (unpaired) electrons. The molecule has 1 amide bonds. The molecule has 128 valence electrons. The quantitative estimate of drug-likeness (QED) is 0.740. The van der Waals surface area contributed by atoms with Gasteiger partial charge in [-0.3, -0.25) is 4.79 Å². The van der Waals surface area contributed by atoms with Gasteiger partial charge in [0.05, 0.1) is 12.8 Å². The van der Waals surface area contributed by atoms with E-state index in [0.717, 1.165) is 42.2 Å². The second kappa shape index (κ2) is 7.90. The van der Waals surface area contributed by atoms with Crippen molar-refractivity contribution in [1.82, 2.24) is 4.90 Å². The minimum atomic E-state index is 0.150. The summed E-state index contributed by atoms with van der Waals surface area (Å²) in [4.78, 5) is 14.5. The van der Waals surface area contributed by atoms with Crippen LogP contribution >= 0.6 is 0 Å². The van der Waals surface area contributed by atoms with E-state index in [1.807, 2.05) is 35.2 Å². The van der Waals surface area contributed by atoms with E-state index >= 15 is 0 Å². The van der Waals surface area contributed by atoms with Crippen LogP contribution in [0.5, 0.6) is 11.5 Å². The zero-order valence-corrected chi connectivity index (χ0v) is 14.0. The van der Waals surface area contributed by atoms with Crippen LogP contribution in [0.4, 0.5) is 0 Å². The summed E-state index contributed by atoms with van der Waals surface area (Å²) in [7, 11) is 0. The molecule has 1 aliphatic rings. The minimum absolute atomic E-state index is 0.150. The van der Waals surface area contributed by atoms with Gasteiger partial charge in [0.15, 0.2) is 11.5 Å². The fourth-order valence-corrected chi connectivity index (χ4v) is 2.74. The summed E-state index contributed by atoms with van der Waals surface area (Å²) in [5, 5.41) is 0. The number of carbonyl (C=O) groups excluding carboxylic acids is 1. The highest BCUT2D eigenvalue weighted by atomic mass is 16.7. The Morgan fingerprint density at radius 2 is 2.08 bits per heavy atom. The van der Waals surface area contributed by atoms with Gasteiger partial charge >= 0.3 is 0 Å².